The summed E-state index contributed by atoms with van der Waals surface area (Å²) in [6.07, 6.45) is 3.83. The highest BCUT2D eigenvalue weighted by Crippen LogP contribution is 2.53. The number of nitrogens with zero attached hydrogens (tertiary/aromatic N) is 3. The first-order valence-corrected chi connectivity index (χ1v) is 25.8. The monoisotopic (exact) mass is 953 g/mol. The molecule has 0 amide bonds. The van der Waals surface area contributed by atoms with E-state index in [4.69, 9.17) is 0 Å². The Hall–Kier alpha value is -9.77. The van der Waals surface area contributed by atoms with Crippen LogP contribution in [0.1, 0.15) is 0 Å². The van der Waals surface area contributed by atoms with E-state index in [0.717, 1.165) is 89.8 Å². The summed E-state index contributed by atoms with van der Waals surface area (Å²) in [4.78, 5) is 9.76. The summed E-state index contributed by atoms with van der Waals surface area (Å²) in [6, 6.07) is 103. The summed E-state index contributed by atoms with van der Waals surface area (Å²) in [5, 5.41) is 0. The first-order valence-electron chi connectivity index (χ1n) is 25.8. The second-order valence-electron chi connectivity index (χ2n) is 19.4. The number of hydrogen-bond acceptors (Lipinski definition) is 3. The van der Waals surface area contributed by atoms with Crippen molar-refractivity contribution >= 4 is 57.2 Å². The molecule has 14 rings (SSSR count). The van der Waals surface area contributed by atoms with Crippen LogP contribution in [0.4, 0.5) is 34.1 Å². The minimum absolute atomic E-state index is 0.167. The van der Waals surface area contributed by atoms with Gasteiger partial charge in [-0.15, -0.1) is 0 Å². The van der Waals surface area contributed by atoms with Crippen LogP contribution in [0.25, 0.3) is 77.9 Å². The number of anilines is 6. The van der Waals surface area contributed by atoms with E-state index in [9.17, 15) is 0 Å². The van der Waals surface area contributed by atoms with Crippen molar-refractivity contribution < 1.29 is 0 Å². The topological polar surface area (TPSA) is 19.4 Å². The second-order valence-corrected chi connectivity index (χ2v) is 19.4. The van der Waals surface area contributed by atoms with Gasteiger partial charge in [-0.05, 0) is 108 Å². The number of rotatable bonds is 9. The Balaban J connectivity index is 1.17. The first-order chi connectivity index (χ1) is 37.2. The number of fused-ring (bicyclic) bond motifs is 4. The molecule has 0 bridgehead atoms. The molecule has 350 valence electrons. The molecule has 3 heterocycles. The molecule has 2 aliphatic rings. The van der Waals surface area contributed by atoms with Crippen LogP contribution in [0.3, 0.4) is 0 Å². The summed E-state index contributed by atoms with van der Waals surface area (Å²) in [6.45, 7) is -0.167. The molecule has 1 aromatic heterocycles. The molecule has 0 atom stereocenters. The van der Waals surface area contributed by atoms with Gasteiger partial charge >= 0.3 is 0 Å². The average Bonchev–Trinajstić information content (AvgIpc) is 3.54. The van der Waals surface area contributed by atoms with E-state index in [0.29, 0.717) is 0 Å². The zero-order valence-corrected chi connectivity index (χ0v) is 41.1. The Bertz CT molecular complexity index is 3680. The lowest BCUT2D eigenvalue weighted by Gasteiger charge is -2.46. The van der Waals surface area contributed by atoms with Crippen LogP contribution >= 0.6 is 0 Å². The van der Waals surface area contributed by atoms with Crippen LogP contribution in [0.5, 0.6) is 0 Å². The predicted octanol–water partition coefficient (Wildman–Crippen LogP) is 16.8. The maximum atomic E-state index is 4.54. The molecule has 0 saturated heterocycles. The molecule has 3 nitrogen and oxygen atoms in total. The van der Waals surface area contributed by atoms with Gasteiger partial charge in [0, 0.05) is 57.4 Å². The highest BCUT2D eigenvalue weighted by atomic mass is 15.2. The van der Waals surface area contributed by atoms with Crippen molar-refractivity contribution in [2.75, 3.05) is 9.80 Å². The molecule has 0 unspecified atom stereocenters. The van der Waals surface area contributed by atoms with Gasteiger partial charge < -0.3 is 9.80 Å². The van der Waals surface area contributed by atoms with Crippen LogP contribution in [0, 0.1) is 0 Å². The lowest BCUT2D eigenvalue weighted by Crippen LogP contribution is -2.61. The van der Waals surface area contributed by atoms with Gasteiger partial charge in [0.05, 0.1) is 11.4 Å². The minimum atomic E-state index is -0.167. The Morgan fingerprint density at radius 1 is 0.240 bits per heavy atom. The van der Waals surface area contributed by atoms with Gasteiger partial charge in [0.25, 0.3) is 6.71 Å². The zero-order chi connectivity index (χ0) is 49.7. The standard InChI is InChI=1S/C71H48BN3/c1-7-21-49(22-8-1)56-37-39-65-63(45-56)72-64-46-57(50-23-9-2-10-24-50)38-40-66(64)75(71-61(54-29-15-5-16-30-54)35-20-36-62(71)55-31-17-6-18-32-55)68-48-58(51-41-43-73-44-42-51)47-67(69(68)72)74(65)70-59(52-25-11-3-12-26-52)33-19-34-60(70)53-27-13-4-14-28-53/h1-48H. The van der Waals surface area contributed by atoms with Gasteiger partial charge in [-0.3, -0.25) is 4.98 Å². The van der Waals surface area contributed by atoms with E-state index in [-0.39, 0.29) is 6.71 Å². The molecule has 0 aliphatic carbocycles. The van der Waals surface area contributed by atoms with Gasteiger partial charge in [0.15, 0.2) is 0 Å². The van der Waals surface area contributed by atoms with Gasteiger partial charge in [0.1, 0.15) is 0 Å². The van der Waals surface area contributed by atoms with E-state index >= 15 is 0 Å². The molecule has 0 N–H and O–H groups in total. The number of hydrogen-bond donors (Lipinski definition) is 0. The molecule has 11 aromatic carbocycles. The lowest BCUT2D eigenvalue weighted by atomic mass is 9.33. The maximum absolute atomic E-state index is 4.54. The number of para-hydroxylation sites is 2. The largest absolute Gasteiger partial charge is 0.310 e. The van der Waals surface area contributed by atoms with E-state index < -0.39 is 0 Å². The molecule has 4 heteroatoms. The van der Waals surface area contributed by atoms with E-state index in [1.54, 1.807) is 0 Å². The molecular weight excluding hydrogens is 906 g/mol. The van der Waals surface area contributed by atoms with Crippen LogP contribution in [-0.4, -0.2) is 11.7 Å². The Morgan fingerprint density at radius 3 is 0.907 bits per heavy atom. The van der Waals surface area contributed by atoms with Crippen LogP contribution in [-0.2, 0) is 0 Å². The summed E-state index contributed by atoms with van der Waals surface area (Å²) in [7, 11) is 0. The highest BCUT2D eigenvalue weighted by Gasteiger charge is 2.45. The number of benzene rings is 11. The second kappa shape index (κ2) is 18.7. The highest BCUT2D eigenvalue weighted by molar-refractivity contribution is 7.00. The Kier molecular flexibility index (Phi) is 11.0. The third kappa shape index (κ3) is 7.66. The predicted molar refractivity (Wildman–Crippen MR) is 316 cm³/mol. The molecule has 0 saturated carbocycles. The van der Waals surface area contributed by atoms with Crippen molar-refractivity contribution in [1.82, 2.24) is 4.98 Å². The van der Waals surface area contributed by atoms with Crippen LogP contribution in [0.15, 0.2) is 291 Å². The maximum Gasteiger partial charge on any atom is 0.252 e. The van der Waals surface area contributed by atoms with Gasteiger partial charge in [-0.2, -0.15) is 0 Å². The molecular formula is C71H48BN3. The minimum Gasteiger partial charge on any atom is -0.310 e. The summed E-state index contributed by atoms with van der Waals surface area (Å²) in [5.41, 5.74) is 26.6. The molecule has 0 spiro atoms. The Morgan fingerprint density at radius 2 is 0.560 bits per heavy atom. The molecule has 2 aliphatic heterocycles. The van der Waals surface area contributed by atoms with Gasteiger partial charge in [0.2, 0.25) is 0 Å². The smallest absolute Gasteiger partial charge is 0.252 e. The van der Waals surface area contributed by atoms with Crippen molar-refractivity contribution in [3.8, 4) is 77.9 Å². The quantitative estimate of drug-likeness (QED) is 0.134. The van der Waals surface area contributed by atoms with Crippen LogP contribution < -0.4 is 26.2 Å². The molecule has 0 fully saturated rings. The fourth-order valence-corrected chi connectivity index (χ4v) is 11.8. The summed E-state index contributed by atoms with van der Waals surface area (Å²) in [5.74, 6) is 0. The zero-order valence-electron chi connectivity index (χ0n) is 41.1. The van der Waals surface area contributed by atoms with Crippen molar-refractivity contribution in [1.29, 1.82) is 0 Å². The number of pyridine rings is 1. The van der Waals surface area contributed by atoms with Crippen molar-refractivity contribution in [3.63, 3.8) is 0 Å². The normalized spacial score (nSPS) is 12.2. The lowest BCUT2D eigenvalue weighted by molar-refractivity contribution is 1.25. The molecule has 75 heavy (non-hydrogen) atoms. The Labute approximate surface area is 439 Å². The van der Waals surface area contributed by atoms with E-state index in [1.807, 2.05) is 12.4 Å². The molecule has 0 radical (unpaired) electrons. The van der Waals surface area contributed by atoms with E-state index in [1.165, 1.54) is 38.6 Å². The fraction of sp³-hybridized carbons (Fsp3) is 0. The van der Waals surface area contributed by atoms with Crippen molar-refractivity contribution in [2.45, 2.75) is 0 Å². The first kappa shape index (κ1) is 44.0. The molecule has 12 aromatic rings. The average molecular weight is 954 g/mol. The van der Waals surface area contributed by atoms with Crippen LogP contribution in [0.2, 0.25) is 0 Å². The third-order valence-electron chi connectivity index (χ3n) is 15.2. The number of aromatic nitrogens is 1. The summed E-state index contributed by atoms with van der Waals surface area (Å²) < 4.78 is 0. The fourth-order valence-electron chi connectivity index (χ4n) is 11.8. The van der Waals surface area contributed by atoms with Gasteiger partial charge in [-0.1, -0.05) is 243 Å². The SMILES string of the molecule is c1ccc(-c2ccc3c(c2)B2c4cc(-c5ccccc5)ccc4N(c4c(-c5ccccc5)cccc4-c4ccccc4)c4cc(-c5ccncc5)cc(c42)N3c2c(-c3ccccc3)cccc2-c2ccccc2)cc1. The van der Waals surface area contributed by atoms with Crippen molar-refractivity contribution in [3.05, 3.63) is 291 Å². The summed E-state index contributed by atoms with van der Waals surface area (Å²) >= 11 is 0. The van der Waals surface area contributed by atoms with Crippen molar-refractivity contribution in [2.24, 2.45) is 0 Å². The van der Waals surface area contributed by atoms with E-state index in [2.05, 4.69) is 294 Å². The third-order valence-corrected chi connectivity index (χ3v) is 15.2. The van der Waals surface area contributed by atoms with Gasteiger partial charge in [-0.25, -0.2) is 0 Å².